The molecule has 0 spiro atoms. The summed E-state index contributed by atoms with van der Waals surface area (Å²) < 4.78 is 33.2. The molecule has 0 fully saturated rings. The van der Waals surface area contributed by atoms with Crippen molar-refractivity contribution in [2.75, 3.05) is 39.6 Å². The molecule has 0 saturated heterocycles. The molecule has 202 valence electrons. The van der Waals surface area contributed by atoms with Crippen LogP contribution in [0.4, 0.5) is 0 Å². The standard InChI is InChI=1S/C26H50O8/c1-5-9-17-29-21-25(31-19-11-7-3)33-23(27)15-13-14-16-24(28)34-26(32-20-12-8-4)22-30-18-10-6-2/h25-26H,5-22H2,1-4H3. The molecule has 34 heavy (non-hydrogen) atoms. The van der Waals surface area contributed by atoms with Crippen LogP contribution in [-0.2, 0) is 38.0 Å². The Bertz CT molecular complexity index is 430. The van der Waals surface area contributed by atoms with Gasteiger partial charge >= 0.3 is 11.9 Å². The van der Waals surface area contributed by atoms with Gasteiger partial charge in [-0.25, -0.2) is 0 Å². The SMILES string of the molecule is CCCCOCC(OCCCC)OC(=O)CCCCC(=O)OC(COCCCC)OCCCC. The minimum absolute atomic E-state index is 0.215. The molecule has 2 atom stereocenters. The first-order valence-corrected chi connectivity index (χ1v) is 13.3. The molecule has 0 saturated carbocycles. The summed E-state index contributed by atoms with van der Waals surface area (Å²) in [6, 6.07) is 0. The first-order valence-electron chi connectivity index (χ1n) is 13.3. The summed E-state index contributed by atoms with van der Waals surface area (Å²) in [5.74, 6) is -0.696. The molecule has 0 aromatic heterocycles. The predicted octanol–water partition coefficient (Wildman–Crippen LogP) is 5.55. The molecule has 0 aliphatic carbocycles. The van der Waals surface area contributed by atoms with Crippen LogP contribution in [0.5, 0.6) is 0 Å². The van der Waals surface area contributed by atoms with E-state index >= 15 is 0 Å². The number of ether oxygens (including phenoxy) is 6. The third-order valence-electron chi connectivity index (χ3n) is 4.93. The number of esters is 2. The number of unbranched alkanes of at least 4 members (excludes halogenated alkanes) is 5. The number of carbonyl (C=O) groups excluding carboxylic acids is 2. The number of hydrogen-bond donors (Lipinski definition) is 0. The Balaban J connectivity index is 4.23. The summed E-state index contributed by atoms with van der Waals surface area (Å²) in [7, 11) is 0. The number of hydrogen-bond acceptors (Lipinski definition) is 8. The van der Waals surface area contributed by atoms with Crippen molar-refractivity contribution in [1.82, 2.24) is 0 Å². The van der Waals surface area contributed by atoms with Gasteiger partial charge in [-0.05, 0) is 38.5 Å². The van der Waals surface area contributed by atoms with E-state index in [1.165, 1.54) is 0 Å². The molecule has 0 rings (SSSR count). The van der Waals surface area contributed by atoms with Crippen LogP contribution < -0.4 is 0 Å². The topological polar surface area (TPSA) is 89.5 Å². The monoisotopic (exact) mass is 490 g/mol. The summed E-state index contributed by atoms with van der Waals surface area (Å²) in [4.78, 5) is 24.4. The molecular formula is C26H50O8. The molecule has 0 radical (unpaired) electrons. The molecule has 8 nitrogen and oxygen atoms in total. The van der Waals surface area contributed by atoms with Gasteiger partial charge < -0.3 is 28.4 Å². The van der Waals surface area contributed by atoms with E-state index in [-0.39, 0.29) is 38.0 Å². The van der Waals surface area contributed by atoms with Crippen LogP contribution in [0.25, 0.3) is 0 Å². The van der Waals surface area contributed by atoms with Gasteiger partial charge in [-0.3, -0.25) is 9.59 Å². The Morgan fingerprint density at radius 3 is 1.24 bits per heavy atom. The quantitative estimate of drug-likeness (QED) is 0.0934. The van der Waals surface area contributed by atoms with Gasteiger partial charge in [-0.1, -0.05) is 53.4 Å². The third-order valence-corrected chi connectivity index (χ3v) is 4.93. The second-order valence-corrected chi connectivity index (χ2v) is 8.35. The maximum atomic E-state index is 12.2. The fourth-order valence-corrected chi connectivity index (χ4v) is 2.75. The molecule has 0 amide bonds. The Labute approximate surface area is 207 Å². The van der Waals surface area contributed by atoms with Gasteiger partial charge in [-0.15, -0.1) is 0 Å². The smallest absolute Gasteiger partial charge is 0.308 e. The zero-order valence-corrected chi connectivity index (χ0v) is 22.1. The molecular weight excluding hydrogens is 440 g/mol. The van der Waals surface area contributed by atoms with Gasteiger partial charge in [0.15, 0.2) is 0 Å². The lowest BCUT2D eigenvalue weighted by Gasteiger charge is -2.19. The lowest BCUT2D eigenvalue weighted by atomic mass is 10.2. The van der Waals surface area contributed by atoms with Gasteiger partial charge in [0.25, 0.3) is 0 Å². The highest BCUT2D eigenvalue weighted by Crippen LogP contribution is 2.09. The van der Waals surface area contributed by atoms with Crippen LogP contribution in [-0.4, -0.2) is 64.2 Å². The normalized spacial score (nSPS) is 12.9. The van der Waals surface area contributed by atoms with Crippen LogP contribution in [0, 0.1) is 0 Å². The van der Waals surface area contributed by atoms with Crippen molar-refractivity contribution in [1.29, 1.82) is 0 Å². The van der Waals surface area contributed by atoms with Crippen molar-refractivity contribution in [2.24, 2.45) is 0 Å². The van der Waals surface area contributed by atoms with E-state index in [2.05, 4.69) is 27.7 Å². The summed E-state index contributed by atoms with van der Waals surface area (Å²) in [5, 5.41) is 0. The molecule has 0 N–H and O–H groups in total. The third kappa shape index (κ3) is 21.3. The van der Waals surface area contributed by atoms with Crippen molar-refractivity contribution in [2.45, 2.75) is 117 Å². The first-order chi connectivity index (χ1) is 16.6. The maximum absolute atomic E-state index is 12.2. The fraction of sp³-hybridized carbons (Fsp3) is 0.923. The molecule has 0 bridgehead atoms. The highest BCUT2D eigenvalue weighted by Gasteiger charge is 2.17. The van der Waals surface area contributed by atoms with Gasteiger partial charge in [0.2, 0.25) is 12.6 Å². The van der Waals surface area contributed by atoms with Crippen LogP contribution in [0.2, 0.25) is 0 Å². The molecule has 0 aromatic rings. The van der Waals surface area contributed by atoms with Crippen LogP contribution in [0.15, 0.2) is 0 Å². The van der Waals surface area contributed by atoms with Crippen molar-refractivity contribution in [3.05, 3.63) is 0 Å². The van der Waals surface area contributed by atoms with Crippen LogP contribution in [0.3, 0.4) is 0 Å². The molecule has 0 aromatic carbocycles. The van der Waals surface area contributed by atoms with Gasteiger partial charge in [-0.2, -0.15) is 0 Å². The van der Waals surface area contributed by atoms with E-state index in [1.807, 2.05) is 0 Å². The fourth-order valence-electron chi connectivity index (χ4n) is 2.75. The van der Waals surface area contributed by atoms with E-state index in [1.54, 1.807) is 0 Å². The Kier molecular flexibility index (Phi) is 24.0. The van der Waals surface area contributed by atoms with Gasteiger partial charge in [0.05, 0.1) is 13.2 Å². The Morgan fingerprint density at radius 2 is 0.882 bits per heavy atom. The lowest BCUT2D eigenvalue weighted by molar-refractivity contribution is -0.193. The molecule has 2 unspecified atom stereocenters. The highest BCUT2D eigenvalue weighted by atomic mass is 16.7. The zero-order valence-electron chi connectivity index (χ0n) is 22.1. The maximum Gasteiger partial charge on any atom is 0.308 e. The van der Waals surface area contributed by atoms with E-state index in [0.717, 1.165) is 51.4 Å². The second-order valence-electron chi connectivity index (χ2n) is 8.35. The molecule has 8 heteroatoms. The van der Waals surface area contributed by atoms with Crippen molar-refractivity contribution in [3.63, 3.8) is 0 Å². The molecule has 0 aliphatic heterocycles. The number of carbonyl (C=O) groups is 2. The zero-order chi connectivity index (χ0) is 25.3. The van der Waals surface area contributed by atoms with Crippen LogP contribution >= 0.6 is 0 Å². The summed E-state index contributed by atoms with van der Waals surface area (Å²) in [5.41, 5.74) is 0. The predicted molar refractivity (Wildman–Crippen MR) is 131 cm³/mol. The van der Waals surface area contributed by atoms with Gasteiger partial charge in [0.1, 0.15) is 13.2 Å². The highest BCUT2D eigenvalue weighted by molar-refractivity contribution is 5.70. The van der Waals surface area contributed by atoms with E-state index < -0.39 is 12.6 Å². The summed E-state index contributed by atoms with van der Waals surface area (Å²) in [6.45, 7) is 11.1. The van der Waals surface area contributed by atoms with Gasteiger partial charge in [0, 0.05) is 26.1 Å². The van der Waals surface area contributed by atoms with E-state index in [9.17, 15) is 9.59 Å². The summed E-state index contributed by atoms with van der Waals surface area (Å²) in [6.07, 6.45) is 7.93. The van der Waals surface area contributed by atoms with E-state index in [4.69, 9.17) is 28.4 Å². The van der Waals surface area contributed by atoms with Crippen molar-refractivity contribution >= 4 is 11.9 Å². The number of rotatable bonds is 25. The summed E-state index contributed by atoms with van der Waals surface area (Å²) >= 11 is 0. The van der Waals surface area contributed by atoms with Crippen molar-refractivity contribution in [3.8, 4) is 0 Å². The first kappa shape index (κ1) is 32.8. The average molecular weight is 491 g/mol. The van der Waals surface area contributed by atoms with Crippen molar-refractivity contribution < 1.29 is 38.0 Å². The minimum Gasteiger partial charge on any atom is -0.433 e. The Hall–Kier alpha value is -1.22. The largest absolute Gasteiger partial charge is 0.433 e. The van der Waals surface area contributed by atoms with Crippen LogP contribution in [0.1, 0.15) is 105 Å². The molecule has 0 heterocycles. The Morgan fingerprint density at radius 1 is 0.529 bits per heavy atom. The minimum atomic E-state index is -0.686. The average Bonchev–Trinajstić information content (AvgIpc) is 2.82. The van der Waals surface area contributed by atoms with E-state index in [0.29, 0.717) is 39.3 Å². The lowest BCUT2D eigenvalue weighted by Crippen LogP contribution is -2.28. The molecule has 0 aliphatic rings. The second kappa shape index (κ2) is 24.9.